The van der Waals surface area contributed by atoms with Crippen LogP contribution in [0.15, 0.2) is 48.5 Å². The molecule has 2 aromatic carbocycles. The summed E-state index contributed by atoms with van der Waals surface area (Å²) in [5, 5.41) is 5.28. The van der Waals surface area contributed by atoms with Gasteiger partial charge < -0.3 is 19.5 Å². The van der Waals surface area contributed by atoms with Gasteiger partial charge in [-0.25, -0.2) is 9.59 Å². The number of para-hydroxylation sites is 1. The third-order valence-electron chi connectivity index (χ3n) is 4.04. The maximum atomic E-state index is 12.4. The second-order valence-electron chi connectivity index (χ2n) is 7.78. The first-order chi connectivity index (χ1) is 14.6. The summed E-state index contributed by atoms with van der Waals surface area (Å²) in [6, 6.07) is 13.5. The summed E-state index contributed by atoms with van der Waals surface area (Å²) in [5.74, 6) is -0.475. The normalized spacial score (nSPS) is 11.8. The highest BCUT2D eigenvalue weighted by molar-refractivity contribution is 5.94. The van der Waals surface area contributed by atoms with Gasteiger partial charge in [0, 0.05) is 17.8 Å². The van der Waals surface area contributed by atoms with Crippen LogP contribution in [0.1, 0.15) is 43.6 Å². The van der Waals surface area contributed by atoms with E-state index in [0.29, 0.717) is 11.4 Å². The minimum Gasteiger partial charge on any atom is -0.496 e. The Morgan fingerprint density at radius 3 is 2.42 bits per heavy atom. The van der Waals surface area contributed by atoms with E-state index in [1.807, 2.05) is 18.2 Å². The minimum atomic E-state index is -1.01. The number of ether oxygens (including phenoxy) is 3. The van der Waals surface area contributed by atoms with E-state index in [1.165, 1.54) is 19.1 Å². The molecule has 1 unspecified atom stereocenters. The average Bonchev–Trinajstić information content (AvgIpc) is 2.70. The van der Waals surface area contributed by atoms with E-state index < -0.39 is 29.7 Å². The molecule has 0 aliphatic carbocycles. The molecule has 8 heteroatoms. The summed E-state index contributed by atoms with van der Waals surface area (Å²) < 4.78 is 15.7. The van der Waals surface area contributed by atoms with Gasteiger partial charge in [-0.05, 0) is 52.0 Å². The predicted molar refractivity (Wildman–Crippen MR) is 116 cm³/mol. The summed E-state index contributed by atoms with van der Waals surface area (Å²) in [5.41, 5.74) is 0.723. The molecule has 0 bridgehead atoms. The van der Waals surface area contributed by atoms with Gasteiger partial charge in [-0.1, -0.05) is 24.3 Å². The number of hydrogen-bond acceptors (Lipinski definition) is 6. The molecule has 0 radical (unpaired) electrons. The minimum absolute atomic E-state index is 0.193. The van der Waals surface area contributed by atoms with E-state index in [-0.39, 0.29) is 12.1 Å². The summed E-state index contributed by atoms with van der Waals surface area (Å²) in [6.07, 6.45) is -1.65. The van der Waals surface area contributed by atoms with E-state index in [0.717, 1.165) is 5.56 Å². The molecule has 2 amide bonds. The van der Waals surface area contributed by atoms with Crippen LogP contribution < -0.4 is 15.4 Å². The number of anilines is 1. The molecule has 0 aliphatic rings. The smallest absolute Gasteiger partial charge is 0.412 e. The van der Waals surface area contributed by atoms with Crippen LogP contribution >= 0.6 is 0 Å². The number of methoxy groups -OCH3 is 1. The fourth-order valence-electron chi connectivity index (χ4n) is 2.60. The molecule has 0 fully saturated rings. The van der Waals surface area contributed by atoms with Gasteiger partial charge in [-0.2, -0.15) is 0 Å². The number of benzene rings is 2. The molecular formula is C23H28N2O6. The highest BCUT2D eigenvalue weighted by Gasteiger charge is 2.20. The summed E-state index contributed by atoms with van der Waals surface area (Å²) in [7, 11) is 1.55. The molecule has 0 aliphatic heterocycles. The molecule has 0 saturated heterocycles. The van der Waals surface area contributed by atoms with Crippen LogP contribution in [0.4, 0.5) is 10.5 Å². The van der Waals surface area contributed by atoms with Crippen LogP contribution in [0, 0.1) is 0 Å². The molecule has 0 heterocycles. The van der Waals surface area contributed by atoms with E-state index in [1.54, 1.807) is 46.1 Å². The van der Waals surface area contributed by atoms with Gasteiger partial charge >= 0.3 is 12.1 Å². The van der Waals surface area contributed by atoms with Crippen molar-refractivity contribution in [2.45, 2.75) is 45.9 Å². The standard InChI is InChI=1S/C23H28N2O6/c1-15(20(26)24-14-17-9-6-7-12-19(17)29-5)30-21(27)16-10-8-11-18(13-16)25-22(28)31-23(2,3)4/h6-13,15H,14H2,1-5H3,(H,24,26)(H,25,28). The molecule has 0 spiro atoms. The number of esters is 1. The Kier molecular flexibility index (Phi) is 8.01. The summed E-state index contributed by atoms with van der Waals surface area (Å²) >= 11 is 0. The molecule has 2 N–H and O–H groups in total. The third-order valence-corrected chi connectivity index (χ3v) is 4.04. The zero-order valence-electron chi connectivity index (χ0n) is 18.4. The number of rotatable bonds is 7. The van der Waals surface area contributed by atoms with Crippen molar-refractivity contribution in [3.05, 3.63) is 59.7 Å². The van der Waals surface area contributed by atoms with E-state index in [9.17, 15) is 14.4 Å². The summed E-state index contributed by atoms with van der Waals surface area (Å²) in [6.45, 7) is 6.97. The van der Waals surface area contributed by atoms with Gasteiger partial charge in [0.2, 0.25) is 0 Å². The van der Waals surface area contributed by atoms with Crippen LogP contribution in [-0.2, 0) is 20.8 Å². The van der Waals surface area contributed by atoms with Crippen molar-refractivity contribution >= 4 is 23.7 Å². The van der Waals surface area contributed by atoms with Gasteiger partial charge in [0.15, 0.2) is 6.10 Å². The number of hydrogen-bond donors (Lipinski definition) is 2. The zero-order chi connectivity index (χ0) is 23.0. The molecular weight excluding hydrogens is 400 g/mol. The van der Waals surface area contributed by atoms with Gasteiger partial charge in [0.25, 0.3) is 5.91 Å². The maximum Gasteiger partial charge on any atom is 0.412 e. The van der Waals surface area contributed by atoms with E-state index >= 15 is 0 Å². The number of amides is 2. The van der Waals surface area contributed by atoms with Gasteiger partial charge in [-0.15, -0.1) is 0 Å². The van der Waals surface area contributed by atoms with Crippen LogP contribution in [0.2, 0.25) is 0 Å². The lowest BCUT2D eigenvalue weighted by Crippen LogP contribution is -2.35. The molecule has 2 rings (SSSR count). The molecule has 0 saturated carbocycles. The van der Waals surface area contributed by atoms with E-state index in [2.05, 4.69) is 10.6 Å². The summed E-state index contributed by atoms with van der Waals surface area (Å²) in [4.78, 5) is 36.7. The lowest BCUT2D eigenvalue weighted by Gasteiger charge is -2.19. The van der Waals surface area contributed by atoms with Crippen LogP contribution in [0.25, 0.3) is 0 Å². The number of carbonyl (C=O) groups excluding carboxylic acids is 3. The highest BCUT2D eigenvalue weighted by atomic mass is 16.6. The van der Waals surface area contributed by atoms with E-state index in [4.69, 9.17) is 14.2 Å². The van der Waals surface area contributed by atoms with Crippen molar-refractivity contribution in [1.29, 1.82) is 0 Å². The monoisotopic (exact) mass is 428 g/mol. The van der Waals surface area contributed by atoms with Crippen LogP contribution in [0.5, 0.6) is 5.75 Å². The quantitative estimate of drug-likeness (QED) is 0.649. The maximum absolute atomic E-state index is 12.4. The van der Waals surface area contributed by atoms with Crippen molar-refractivity contribution in [2.75, 3.05) is 12.4 Å². The lowest BCUT2D eigenvalue weighted by atomic mass is 10.2. The Morgan fingerprint density at radius 2 is 1.74 bits per heavy atom. The lowest BCUT2D eigenvalue weighted by molar-refractivity contribution is -0.129. The molecule has 1 atom stereocenters. The number of nitrogens with one attached hydrogen (secondary N) is 2. The van der Waals surface area contributed by atoms with Crippen molar-refractivity contribution in [2.24, 2.45) is 0 Å². The Labute approximate surface area is 181 Å². The second kappa shape index (κ2) is 10.5. The fourth-order valence-corrected chi connectivity index (χ4v) is 2.60. The first-order valence-corrected chi connectivity index (χ1v) is 9.79. The first-order valence-electron chi connectivity index (χ1n) is 9.79. The topological polar surface area (TPSA) is 103 Å². The van der Waals surface area contributed by atoms with Gasteiger partial charge in [0.05, 0.1) is 12.7 Å². The van der Waals surface area contributed by atoms with Crippen molar-refractivity contribution in [1.82, 2.24) is 5.32 Å². The Balaban J connectivity index is 1.93. The molecule has 8 nitrogen and oxygen atoms in total. The first kappa shape index (κ1) is 23.7. The van der Waals surface area contributed by atoms with Crippen molar-refractivity contribution in [3.8, 4) is 5.75 Å². The molecule has 31 heavy (non-hydrogen) atoms. The van der Waals surface area contributed by atoms with Crippen molar-refractivity contribution < 1.29 is 28.6 Å². The predicted octanol–water partition coefficient (Wildman–Crippen LogP) is 3.90. The molecule has 0 aromatic heterocycles. The van der Waals surface area contributed by atoms with Crippen LogP contribution in [0.3, 0.4) is 0 Å². The second-order valence-corrected chi connectivity index (χ2v) is 7.78. The SMILES string of the molecule is COc1ccccc1CNC(=O)C(C)OC(=O)c1cccc(NC(=O)OC(C)(C)C)c1. The van der Waals surface area contributed by atoms with Gasteiger partial charge in [-0.3, -0.25) is 10.1 Å². The Bertz CT molecular complexity index is 936. The molecule has 166 valence electrons. The van der Waals surface area contributed by atoms with Crippen molar-refractivity contribution in [3.63, 3.8) is 0 Å². The highest BCUT2D eigenvalue weighted by Crippen LogP contribution is 2.17. The Hall–Kier alpha value is -3.55. The largest absolute Gasteiger partial charge is 0.496 e. The van der Waals surface area contributed by atoms with Gasteiger partial charge in [0.1, 0.15) is 11.4 Å². The Morgan fingerprint density at radius 1 is 1.03 bits per heavy atom. The number of carbonyl (C=O) groups is 3. The zero-order valence-corrected chi connectivity index (χ0v) is 18.4. The fraction of sp³-hybridized carbons (Fsp3) is 0.348. The molecule has 2 aromatic rings. The van der Waals surface area contributed by atoms with Crippen LogP contribution in [-0.4, -0.2) is 36.8 Å². The average molecular weight is 428 g/mol. The third kappa shape index (κ3) is 7.65.